The number of ether oxygens (including phenoxy) is 1. The van der Waals surface area contributed by atoms with Crippen LogP contribution in [0.15, 0.2) is 18.2 Å². The van der Waals surface area contributed by atoms with Crippen LogP contribution < -0.4 is 11.1 Å². The van der Waals surface area contributed by atoms with Gasteiger partial charge in [-0.1, -0.05) is 0 Å². The molecule has 1 amide bonds. The minimum Gasteiger partial charge on any atom is -0.381 e. The van der Waals surface area contributed by atoms with Crippen LogP contribution in [0.5, 0.6) is 0 Å². The molecule has 1 aromatic rings. The van der Waals surface area contributed by atoms with Gasteiger partial charge in [-0.3, -0.25) is 4.79 Å². The van der Waals surface area contributed by atoms with Crippen molar-refractivity contribution in [2.45, 2.75) is 31.8 Å². The lowest BCUT2D eigenvalue weighted by Gasteiger charge is -2.34. The first-order chi connectivity index (χ1) is 9.00. The molecule has 1 aromatic carbocycles. The SMILES string of the molecule is CC1(NCc2cc(C(N)=O)ccc2F)CCOCC1. The predicted molar refractivity (Wildman–Crippen MR) is 70.2 cm³/mol. The molecule has 0 atom stereocenters. The fraction of sp³-hybridized carbons (Fsp3) is 0.500. The molecular weight excluding hydrogens is 247 g/mol. The van der Waals surface area contributed by atoms with Gasteiger partial charge in [-0.25, -0.2) is 4.39 Å². The van der Waals surface area contributed by atoms with Gasteiger partial charge in [0.15, 0.2) is 0 Å². The van der Waals surface area contributed by atoms with Crippen LogP contribution in [0, 0.1) is 5.82 Å². The molecule has 1 aliphatic heterocycles. The maximum atomic E-state index is 13.7. The quantitative estimate of drug-likeness (QED) is 0.869. The molecule has 1 aliphatic rings. The summed E-state index contributed by atoms with van der Waals surface area (Å²) in [6, 6.07) is 4.19. The van der Waals surface area contributed by atoms with E-state index in [9.17, 15) is 9.18 Å². The Bertz CT molecular complexity index is 471. The van der Waals surface area contributed by atoms with Crippen LogP contribution in [0.4, 0.5) is 4.39 Å². The number of rotatable bonds is 4. The van der Waals surface area contributed by atoms with Crippen molar-refractivity contribution in [3.8, 4) is 0 Å². The summed E-state index contributed by atoms with van der Waals surface area (Å²) in [5, 5.41) is 3.35. The van der Waals surface area contributed by atoms with Crippen molar-refractivity contribution in [3.05, 3.63) is 35.1 Å². The van der Waals surface area contributed by atoms with E-state index in [-0.39, 0.29) is 11.4 Å². The van der Waals surface area contributed by atoms with E-state index in [2.05, 4.69) is 12.2 Å². The molecule has 104 valence electrons. The van der Waals surface area contributed by atoms with Gasteiger partial charge in [0.05, 0.1) is 0 Å². The maximum absolute atomic E-state index is 13.7. The zero-order valence-corrected chi connectivity index (χ0v) is 11.0. The van der Waals surface area contributed by atoms with Gasteiger partial charge in [-0.05, 0) is 38.0 Å². The van der Waals surface area contributed by atoms with Crippen molar-refractivity contribution in [2.24, 2.45) is 5.73 Å². The van der Waals surface area contributed by atoms with Crippen molar-refractivity contribution in [1.29, 1.82) is 0 Å². The number of primary amides is 1. The summed E-state index contributed by atoms with van der Waals surface area (Å²) in [6.45, 7) is 3.91. The fourth-order valence-corrected chi connectivity index (χ4v) is 2.17. The van der Waals surface area contributed by atoms with Crippen molar-refractivity contribution < 1.29 is 13.9 Å². The van der Waals surface area contributed by atoms with Crippen molar-refractivity contribution in [2.75, 3.05) is 13.2 Å². The van der Waals surface area contributed by atoms with Gasteiger partial charge in [0, 0.05) is 36.4 Å². The Morgan fingerprint density at radius 1 is 1.47 bits per heavy atom. The first-order valence-corrected chi connectivity index (χ1v) is 6.41. The minimum atomic E-state index is -0.543. The molecule has 1 fully saturated rings. The molecule has 1 saturated heterocycles. The van der Waals surface area contributed by atoms with E-state index in [1.807, 2.05) is 0 Å². The molecule has 1 heterocycles. The Morgan fingerprint density at radius 2 is 2.16 bits per heavy atom. The Kier molecular flexibility index (Phi) is 4.17. The number of nitrogens with one attached hydrogen (secondary N) is 1. The number of nitrogens with two attached hydrogens (primary N) is 1. The molecule has 0 aromatic heterocycles. The Balaban J connectivity index is 2.06. The van der Waals surface area contributed by atoms with E-state index in [0.717, 1.165) is 12.8 Å². The van der Waals surface area contributed by atoms with E-state index in [1.54, 1.807) is 0 Å². The third-order valence-corrected chi connectivity index (χ3v) is 3.63. The highest BCUT2D eigenvalue weighted by atomic mass is 19.1. The molecule has 2 rings (SSSR count). The lowest BCUT2D eigenvalue weighted by molar-refractivity contribution is 0.0445. The smallest absolute Gasteiger partial charge is 0.248 e. The maximum Gasteiger partial charge on any atom is 0.248 e. The van der Waals surface area contributed by atoms with Crippen LogP contribution in [0.25, 0.3) is 0 Å². The lowest BCUT2D eigenvalue weighted by atomic mass is 9.92. The number of amides is 1. The number of hydrogen-bond acceptors (Lipinski definition) is 3. The average molecular weight is 266 g/mol. The zero-order valence-electron chi connectivity index (χ0n) is 11.0. The summed E-state index contributed by atoms with van der Waals surface area (Å²) in [5.41, 5.74) is 5.94. The van der Waals surface area contributed by atoms with Crippen molar-refractivity contribution >= 4 is 5.91 Å². The van der Waals surface area contributed by atoms with Crippen LogP contribution in [0.1, 0.15) is 35.7 Å². The number of carbonyl (C=O) groups excluding carboxylic acids is 1. The molecule has 19 heavy (non-hydrogen) atoms. The zero-order chi connectivity index (χ0) is 13.9. The van der Waals surface area contributed by atoms with E-state index in [1.165, 1.54) is 18.2 Å². The van der Waals surface area contributed by atoms with Gasteiger partial charge in [-0.2, -0.15) is 0 Å². The monoisotopic (exact) mass is 266 g/mol. The van der Waals surface area contributed by atoms with E-state index in [4.69, 9.17) is 10.5 Å². The summed E-state index contributed by atoms with van der Waals surface area (Å²) < 4.78 is 19.0. The Hall–Kier alpha value is -1.46. The number of carbonyl (C=O) groups is 1. The molecule has 0 saturated carbocycles. The van der Waals surface area contributed by atoms with E-state index in [0.29, 0.717) is 30.9 Å². The van der Waals surface area contributed by atoms with Crippen molar-refractivity contribution in [3.63, 3.8) is 0 Å². The van der Waals surface area contributed by atoms with E-state index >= 15 is 0 Å². The molecule has 0 radical (unpaired) electrons. The highest BCUT2D eigenvalue weighted by Gasteiger charge is 2.26. The molecule has 0 bridgehead atoms. The average Bonchev–Trinajstić information content (AvgIpc) is 2.38. The lowest BCUT2D eigenvalue weighted by Crippen LogP contribution is -2.46. The highest BCUT2D eigenvalue weighted by Crippen LogP contribution is 2.21. The molecule has 3 N–H and O–H groups in total. The molecule has 5 heteroatoms. The first-order valence-electron chi connectivity index (χ1n) is 6.41. The second-order valence-electron chi connectivity index (χ2n) is 5.20. The van der Waals surface area contributed by atoms with Crippen LogP contribution in [-0.2, 0) is 11.3 Å². The molecule has 4 nitrogen and oxygen atoms in total. The first kappa shape index (κ1) is 14.0. The minimum absolute atomic E-state index is 0.0482. The van der Waals surface area contributed by atoms with Gasteiger partial charge >= 0.3 is 0 Å². The van der Waals surface area contributed by atoms with Crippen molar-refractivity contribution in [1.82, 2.24) is 5.32 Å². The summed E-state index contributed by atoms with van der Waals surface area (Å²) in [6.07, 6.45) is 1.79. The summed E-state index contributed by atoms with van der Waals surface area (Å²) in [7, 11) is 0. The van der Waals surface area contributed by atoms with Gasteiger partial charge in [-0.15, -0.1) is 0 Å². The van der Waals surface area contributed by atoms with Gasteiger partial charge in [0.1, 0.15) is 5.82 Å². The van der Waals surface area contributed by atoms with Crippen LogP contribution in [-0.4, -0.2) is 24.7 Å². The molecular formula is C14H19FN2O2. The second-order valence-corrected chi connectivity index (χ2v) is 5.20. The van der Waals surface area contributed by atoms with Crippen LogP contribution >= 0.6 is 0 Å². The molecule has 0 aliphatic carbocycles. The fourth-order valence-electron chi connectivity index (χ4n) is 2.17. The Morgan fingerprint density at radius 3 is 2.79 bits per heavy atom. The molecule has 0 spiro atoms. The summed E-state index contributed by atoms with van der Waals surface area (Å²) in [4.78, 5) is 11.1. The Labute approximate surface area is 112 Å². The van der Waals surface area contributed by atoms with Crippen LogP contribution in [0.3, 0.4) is 0 Å². The summed E-state index contributed by atoms with van der Waals surface area (Å²) >= 11 is 0. The molecule has 0 unspecified atom stereocenters. The largest absolute Gasteiger partial charge is 0.381 e. The summed E-state index contributed by atoms with van der Waals surface area (Å²) in [5.74, 6) is -0.869. The second kappa shape index (κ2) is 5.67. The third kappa shape index (κ3) is 3.52. The standard InChI is InChI=1S/C14H19FN2O2/c1-14(4-6-19-7-5-14)17-9-11-8-10(13(16)18)2-3-12(11)15/h2-3,8,17H,4-7,9H2,1H3,(H2,16,18). The topological polar surface area (TPSA) is 64.3 Å². The van der Waals surface area contributed by atoms with Gasteiger partial charge in [0.2, 0.25) is 5.91 Å². The number of hydrogen-bond donors (Lipinski definition) is 2. The van der Waals surface area contributed by atoms with Gasteiger partial charge < -0.3 is 15.8 Å². The van der Waals surface area contributed by atoms with Gasteiger partial charge in [0.25, 0.3) is 0 Å². The third-order valence-electron chi connectivity index (χ3n) is 3.63. The predicted octanol–water partition coefficient (Wildman–Crippen LogP) is 1.58. The number of halogens is 1. The highest BCUT2D eigenvalue weighted by molar-refractivity contribution is 5.92. The van der Waals surface area contributed by atoms with E-state index < -0.39 is 5.91 Å². The number of benzene rings is 1. The normalized spacial score (nSPS) is 18.2. The van der Waals surface area contributed by atoms with Crippen LogP contribution in [0.2, 0.25) is 0 Å².